The summed E-state index contributed by atoms with van der Waals surface area (Å²) >= 11 is 8.49. The van der Waals surface area contributed by atoms with Gasteiger partial charge in [-0.3, -0.25) is 0 Å². The molecule has 2 aromatic rings. The second kappa shape index (κ2) is 7.79. The number of hydrogen-bond acceptors (Lipinski definition) is 6. The van der Waals surface area contributed by atoms with Crippen molar-refractivity contribution in [2.75, 3.05) is 6.26 Å². The summed E-state index contributed by atoms with van der Waals surface area (Å²) in [6.07, 6.45) is 2.02. The Balaban J connectivity index is 2.17. The van der Waals surface area contributed by atoms with E-state index < -0.39 is 0 Å². The molecule has 0 bridgehead atoms. The van der Waals surface area contributed by atoms with Crippen LogP contribution >= 0.6 is 50.8 Å². The number of thioether (sulfide) groups is 1. The quantitative estimate of drug-likeness (QED) is 0.726. The Labute approximate surface area is 140 Å². The van der Waals surface area contributed by atoms with Crippen LogP contribution in [0.25, 0.3) is 0 Å². The van der Waals surface area contributed by atoms with Crippen LogP contribution in [0.1, 0.15) is 19.4 Å². The zero-order chi connectivity index (χ0) is 14.5. The first kappa shape index (κ1) is 16.3. The first-order valence-corrected chi connectivity index (χ1v) is 9.80. The fourth-order valence-corrected chi connectivity index (χ4v) is 4.43. The molecule has 0 saturated heterocycles. The van der Waals surface area contributed by atoms with E-state index in [1.54, 1.807) is 34.9 Å². The van der Waals surface area contributed by atoms with Crippen molar-refractivity contribution >= 4 is 50.8 Å². The van der Waals surface area contributed by atoms with E-state index in [9.17, 15) is 0 Å². The van der Waals surface area contributed by atoms with Gasteiger partial charge < -0.3 is 5.32 Å². The van der Waals surface area contributed by atoms with E-state index in [0.29, 0.717) is 6.04 Å². The van der Waals surface area contributed by atoms with E-state index in [-0.39, 0.29) is 0 Å². The molecule has 20 heavy (non-hydrogen) atoms. The zero-order valence-electron chi connectivity index (χ0n) is 11.5. The molecule has 108 valence electrons. The Kier molecular flexibility index (Phi) is 6.35. The second-order valence-electron chi connectivity index (χ2n) is 4.43. The molecular weight excluding hydrogens is 374 g/mol. The summed E-state index contributed by atoms with van der Waals surface area (Å²) in [7, 11) is 0. The van der Waals surface area contributed by atoms with Crippen molar-refractivity contribution in [3.63, 3.8) is 0 Å². The SMILES string of the molecule is CSc1nnc(Sc2ccc(Br)cc2CNC(C)C)s1. The lowest BCUT2D eigenvalue weighted by molar-refractivity contribution is 0.584. The van der Waals surface area contributed by atoms with Crippen LogP contribution in [0.5, 0.6) is 0 Å². The van der Waals surface area contributed by atoms with Gasteiger partial charge in [-0.25, -0.2) is 0 Å². The number of rotatable bonds is 6. The van der Waals surface area contributed by atoms with Crippen molar-refractivity contribution in [1.29, 1.82) is 0 Å². The predicted octanol–water partition coefficient (Wildman–Crippen LogP) is 4.67. The van der Waals surface area contributed by atoms with Crippen LogP contribution in [0, 0.1) is 0 Å². The molecule has 7 heteroatoms. The molecule has 0 saturated carbocycles. The monoisotopic (exact) mass is 389 g/mol. The summed E-state index contributed by atoms with van der Waals surface area (Å²) < 4.78 is 3.10. The van der Waals surface area contributed by atoms with Gasteiger partial charge in [0.25, 0.3) is 0 Å². The van der Waals surface area contributed by atoms with Crippen LogP contribution < -0.4 is 5.32 Å². The van der Waals surface area contributed by atoms with Gasteiger partial charge in [-0.05, 0) is 30.0 Å². The number of halogens is 1. The molecule has 1 N–H and O–H groups in total. The topological polar surface area (TPSA) is 37.8 Å². The number of hydrogen-bond donors (Lipinski definition) is 1. The average Bonchev–Trinajstić information content (AvgIpc) is 2.86. The fourth-order valence-electron chi connectivity index (χ4n) is 1.51. The van der Waals surface area contributed by atoms with Crippen LogP contribution in [-0.2, 0) is 6.54 Å². The van der Waals surface area contributed by atoms with Gasteiger partial charge in [0.1, 0.15) is 0 Å². The highest BCUT2D eigenvalue weighted by atomic mass is 79.9. The minimum absolute atomic E-state index is 0.469. The molecular formula is C13H16BrN3S3. The van der Waals surface area contributed by atoms with Gasteiger partial charge in [0.2, 0.25) is 0 Å². The summed E-state index contributed by atoms with van der Waals surface area (Å²) in [5.41, 5.74) is 1.28. The summed E-state index contributed by atoms with van der Waals surface area (Å²) in [6.45, 7) is 5.16. The smallest absolute Gasteiger partial charge is 0.179 e. The summed E-state index contributed by atoms with van der Waals surface area (Å²) in [4.78, 5) is 1.23. The highest BCUT2D eigenvalue weighted by Crippen LogP contribution is 2.35. The van der Waals surface area contributed by atoms with E-state index in [4.69, 9.17) is 0 Å². The van der Waals surface area contributed by atoms with Crippen LogP contribution in [0.4, 0.5) is 0 Å². The van der Waals surface area contributed by atoms with Crippen molar-refractivity contribution in [3.05, 3.63) is 28.2 Å². The Morgan fingerprint density at radius 3 is 2.70 bits per heavy atom. The van der Waals surface area contributed by atoms with Gasteiger partial charge in [0.15, 0.2) is 8.68 Å². The number of nitrogens with zero attached hydrogens (tertiary/aromatic N) is 2. The maximum absolute atomic E-state index is 4.22. The number of aromatic nitrogens is 2. The summed E-state index contributed by atoms with van der Waals surface area (Å²) in [5, 5.41) is 11.8. The van der Waals surface area contributed by atoms with Gasteiger partial charge in [0, 0.05) is 22.0 Å². The highest BCUT2D eigenvalue weighted by molar-refractivity contribution is 9.10. The van der Waals surface area contributed by atoms with Crippen molar-refractivity contribution in [2.45, 2.75) is 40.0 Å². The van der Waals surface area contributed by atoms with Crippen LogP contribution in [-0.4, -0.2) is 22.5 Å². The Bertz CT molecular complexity index is 572. The second-order valence-corrected chi connectivity index (χ2v) is 8.66. The number of nitrogens with one attached hydrogen (secondary N) is 1. The third-order valence-corrected chi connectivity index (χ3v) is 6.04. The van der Waals surface area contributed by atoms with Gasteiger partial charge in [-0.1, -0.05) is 64.6 Å². The Morgan fingerprint density at radius 2 is 2.05 bits per heavy atom. The molecule has 0 amide bonds. The first-order chi connectivity index (χ1) is 9.58. The summed E-state index contributed by atoms with van der Waals surface area (Å²) in [5.74, 6) is 0. The molecule has 3 nitrogen and oxygen atoms in total. The lowest BCUT2D eigenvalue weighted by Crippen LogP contribution is -2.22. The van der Waals surface area contributed by atoms with Crippen LogP contribution in [0.2, 0.25) is 0 Å². The Morgan fingerprint density at radius 1 is 1.30 bits per heavy atom. The summed E-state index contributed by atoms with van der Waals surface area (Å²) in [6, 6.07) is 6.83. The molecule has 1 heterocycles. The molecule has 0 aliphatic carbocycles. The molecule has 1 aromatic carbocycles. The van der Waals surface area contributed by atoms with Crippen molar-refractivity contribution in [2.24, 2.45) is 0 Å². The van der Waals surface area contributed by atoms with E-state index in [1.165, 1.54) is 10.5 Å². The van der Waals surface area contributed by atoms with Crippen LogP contribution in [0.15, 0.2) is 36.2 Å². The van der Waals surface area contributed by atoms with E-state index in [1.807, 2.05) is 6.26 Å². The van der Waals surface area contributed by atoms with Gasteiger partial charge in [-0.2, -0.15) is 0 Å². The van der Waals surface area contributed by atoms with Gasteiger partial charge in [0.05, 0.1) is 0 Å². The highest BCUT2D eigenvalue weighted by Gasteiger charge is 2.10. The molecule has 0 unspecified atom stereocenters. The van der Waals surface area contributed by atoms with Crippen molar-refractivity contribution in [1.82, 2.24) is 15.5 Å². The lowest BCUT2D eigenvalue weighted by Gasteiger charge is -2.12. The van der Waals surface area contributed by atoms with E-state index >= 15 is 0 Å². The maximum Gasteiger partial charge on any atom is 0.179 e. The third kappa shape index (κ3) is 4.73. The molecule has 2 rings (SSSR count). The maximum atomic E-state index is 4.22. The molecule has 0 spiro atoms. The standard InChI is InChI=1S/C13H16BrN3S3/c1-8(2)15-7-9-6-10(14)4-5-11(9)19-13-17-16-12(18-3)20-13/h4-6,8,15H,7H2,1-3H3. The molecule has 0 atom stereocenters. The molecule has 0 fully saturated rings. The van der Waals surface area contributed by atoms with Gasteiger partial charge >= 0.3 is 0 Å². The van der Waals surface area contributed by atoms with Crippen LogP contribution in [0.3, 0.4) is 0 Å². The normalized spacial score (nSPS) is 11.2. The Hall–Kier alpha value is -0.0800. The largest absolute Gasteiger partial charge is 0.310 e. The molecule has 0 aliphatic heterocycles. The lowest BCUT2D eigenvalue weighted by atomic mass is 10.2. The van der Waals surface area contributed by atoms with E-state index in [2.05, 4.69) is 63.5 Å². The van der Waals surface area contributed by atoms with Gasteiger partial charge in [-0.15, -0.1) is 10.2 Å². The third-order valence-electron chi connectivity index (χ3n) is 2.48. The van der Waals surface area contributed by atoms with E-state index in [0.717, 1.165) is 19.7 Å². The molecule has 0 radical (unpaired) electrons. The average molecular weight is 390 g/mol. The first-order valence-electron chi connectivity index (χ1n) is 6.15. The fraction of sp³-hybridized carbons (Fsp3) is 0.385. The predicted molar refractivity (Wildman–Crippen MR) is 91.9 cm³/mol. The molecule has 0 aliphatic rings. The minimum Gasteiger partial charge on any atom is -0.310 e. The molecule has 1 aromatic heterocycles. The number of benzene rings is 1. The van der Waals surface area contributed by atoms with Crippen molar-refractivity contribution in [3.8, 4) is 0 Å². The van der Waals surface area contributed by atoms with Crippen molar-refractivity contribution < 1.29 is 0 Å². The minimum atomic E-state index is 0.469. The zero-order valence-corrected chi connectivity index (χ0v) is 15.5.